The first-order valence-corrected chi connectivity index (χ1v) is 8.25. The third-order valence-electron chi connectivity index (χ3n) is 3.78. The normalized spacial score (nSPS) is 20.6. The van der Waals surface area contributed by atoms with E-state index < -0.39 is 0 Å². The van der Waals surface area contributed by atoms with Crippen LogP contribution in [0, 0.1) is 5.92 Å². The molecule has 0 radical (unpaired) electrons. The zero-order chi connectivity index (χ0) is 15.4. The molecular weight excluding hydrogens is 391 g/mol. The number of amides is 1. The minimum atomic E-state index is 0. The van der Waals surface area contributed by atoms with E-state index in [9.17, 15) is 4.79 Å². The van der Waals surface area contributed by atoms with Gasteiger partial charge in [-0.05, 0) is 59.9 Å². The summed E-state index contributed by atoms with van der Waals surface area (Å²) in [7, 11) is 0. The number of benzene rings is 1. The zero-order valence-corrected chi connectivity index (χ0v) is 15.6. The second-order valence-corrected chi connectivity index (χ2v) is 6.70. The maximum atomic E-state index is 12.2. The van der Waals surface area contributed by atoms with Crippen LogP contribution < -0.4 is 10.5 Å². The van der Waals surface area contributed by atoms with E-state index in [1.807, 2.05) is 4.90 Å². The van der Waals surface area contributed by atoms with Gasteiger partial charge in [0.1, 0.15) is 5.75 Å². The van der Waals surface area contributed by atoms with E-state index in [1.165, 1.54) is 0 Å². The van der Waals surface area contributed by atoms with Gasteiger partial charge < -0.3 is 15.4 Å². The van der Waals surface area contributed by atoms with Gasteiger partial charge in [-0.3, -0.25) is 4.79 Å². The van der Waals surface area contributed by atoms with Crippen molar-refractivity contribution in [2.24, 2.45) is 11.7 Å². The molecule has 1 amide bonds. The lowest BCUT2D eigenvalue weighted by Gasteiger charge is -2.21. The Balaban J connectivity index is 0.00000242. The highest BCUT2D eigenvalue weighted by Gasteiger charge is 2.31. The average Bonchev–Trinajstić information content (AvgIpc) is 2.82. The Kier molecular flexibility index (Phi) is 7.97. The van der Waals surface area contributed by atoms with Crippen molar-refractivity contribution in [3.8, 4) is 5.75 Å². The number of halogens is 3. The second kappa shape index (κ2) is 8.96. The smallest absolute Gasteiger partial charge is 0.226 e. The molecule has 2 atom stereocenters. The first-order chi connectivity index (χ1) is 10.0. The molecule has 0 bridgehead atoms. The van der Waals surface area contributed by atoms with Gasteiger partial charge in [-0.1, -0.05) is 11.6 Å². The van der Waals surface area contributed by atoms with Gasteiger partial charge in [0.15, 0.2) is 0 Å². The minimum absolute atomic E-state index is 0. The number of hydrogen-bond donors (Lipinski definition) is 1. The van der Waals surface area contributed by atoms with Gasteiger partial charge in [-0.2, -0.15) is 0 Å². The average molecular weight is 412 g/mol. The van der Waals surface area contributed by atoms with Crippen LogP contribution in [0.5, 0.6) is 5.75 Å². The molecular formula is C15H21BrCl2N2O2. The zero-order valence-electron chi connectivity index (χ0n) is 12.4. The number of likely N-dealkylation sites (tertiary alicyclic amines) is 1. The van der Waals surface area contributed by atoms with Gasteiger partial charge in [-0.15, -0.1) is 12.4 Å². The van der Waals surface area contributed by atoms with Crippen molar-refractivity contribution in [3.63, 3.8) is 0 Å². The van der Waals surface area contributed by atoms with Gasteiger partial charge in [0.05, 0.1) is 17.5 Å². The number of ether oxygens (including phenoxy) is 1. The fourth-order valence-electron chi connectivity index (χ4n) is 2.64. The largest absolute Gasteiger partial charge is 0.492 e. The van der Waals surface area contributed by atoms with Gasteiger partial charge in [0.25, 0.3) is 0 Å². The molecule has 22 heavy (non-hydrogen) atoms. The molecule has 1 fully saturated rings. The van der Waals surface area contributed by atoms with Crippen molar-refractivity contribution in [2.75, 3.05) is 19.7 Å². The monoisotopic (exact) mass is 410 g/mol. The summed E-state index contributed by atoms with van der Waals surface area (Å²) in [6.45, 7) is 3.84. The number of nitrogens with zero attached hydrogens (tertiary/aromatic N) is 1. The second-order valence-electron chi connectivity index (χ2n) is 5.41. The summed E-state index contributed by atoms with van der Waals surface area (Å²) in [4.78, 5) is 14.1. The predicted molar refractivity (Wildman–Crippen MR) is 94.8 cm³/mol. The lowest BCUT2D eigenvalue weighted by atomic mass is 10.1. The first kappa shape index (κ1) is 19.6. The molecule has 0 aromatic heterocycles. The Labute approximate surface area is 150 Å². The number of hydrogen-bond acceptors (Lipinski definition) is 3. The van der Waals surface area contributed by atoms with E-state index in [0.717, 1.165) is 17.4 Å². The molecule has 1 aromatic carbocycles. The summed E-state index contributed by atoms with van der Waals surface area (Å²) in [5.41, 5.74) is 5.68. The SMILES string of the molecule is CC1CC(CN)CN1C(=O)CCOc1ccc(Cl)cc1Br.Cl. The molecule has 4 nitrogen and oxygen atoms in total. The van der Waals surface area contributed by atoms with Crippen molar-refractivity contribution < 1.29 is 9.53 Å². The number of rotatable bonds is 5. The highest BCUT2D eigenvalue weighted by molar-refractivity contribution is 9.10. The predicted octanol–water partition coefficient (Wildman–Crippen LogP) is 3.49. The number of carbonyl (C=O) groups excluding carboxylic acids is 1. The van der Waals surface area contributed by atoms with Crippen LogP contribution in [0.25, 0.3) is 0 Å². The van der Waals surface area contributed by atoms with E-state index in [1.54, 1.807) is 18.2 Å². The van der Waals surface area contributed by atoms with Crippen molar-refractivity contribution in [1.29, 1.82) is 0 Å². The van der Waals surface area contributed by atoms with E-state index in [4.69, 9.17) is 22.1 Å². The summed E-state index contributed by atoms with van der Waals surface area (Å²) >= 11 is 9.26. The topological polar surface area (TPSA) is 55.6 Å². The fourth-order valence-corrected chi connectivity index (χ4v) is 3.44. The van der Waals surface area contributed by atoms with E-state index in [-0.39, 0.29) is 24.4 Å². The molecule has 0 aliphatic carbocycles. The van der Waals surface area contributed by atoms with E-state index >= 15 is 0 Å². The van der Waals surface area contributed by atoms with Gasteiger partial charge in [0, 0.05) is 17.6 Å². The molecule has 7 heteroatoms. The van der Waals surface area contributed by atoms with Crippen LogP contribution in [-0.2, 0) is 4.79 Å². The highest BCUT2D eigenvalue weighted by atomic mass is 79.9. The van der Waals surface area contributed by atoms with Crippen LogP contribution in [0.15, 0.2) is 22.7 Å². The maximum absolute atomic E-state index is 12.2. The van der Waals surface area contributed by atoms with Crippen LogP contribution in [0.4, 0.5) is 0 Å². The standard InChI is InChI=1S/C15H20BrClN2O2.ClH/c1-10-6-11(8-18)9-19(10)15(20)4-5-21-14-3-2-12(17)7-13(14)16;/h2-3,7,10-11H,4-6,8-9,18H2,1H3;1H. The Morgan fingerprint density at radius 1 is 1.55 bits per heavy atom. The summed E-state index contributed by atoms with van der Waals surface area (Å²) in [6, 6.07) is 5.60. The summed E-state index contributed by atoms with van der Waals surface area (Å²) in [6.07, 6.45) is 1.36. The molecule has 0 spiro atoms. The van der Waals surface area contributed by atoms with Crippen LogP contribution in [0.3, 0.4) is 0 Å². The summed E-state index contributed by atoms with van der Waals surface area (Å²) in [5.74, 6) is 1.25. The molecule has 1 aliphatic rings. The lowest BCUT2D eigenvalue weighted by molar-refractivity contribution is -0.132. The van der Waals surface area contributed by atoms with Crippen LogP contribution in [0.1, 0.15) is 19.8 Å². The van der Waals surface area contributed by atoms with Crippen LogP contribution in [0.2, 0.25) is 5.02 Å². The quantitative estimate of drug-likeness (QED) is 0.806. The number of carbonyl (C=O) groups is 1. The van der Waals surface area contributed by atoms with E-state index in [2.05, 4.69) is 22.9 Å². The number of nitrogens with two attached hydrogens (primary N) is 1. The Morgan fingerprint density at radius 2 is 2.27 bits per heavy atom. The molecule has 1 aliphatic heterocycles. The summed E-state index contributed by atoms with van der Waals surface area (Å²) in [5, 5.41) is 0.643. The van der Waals surface area contributed by atoms with Crippen LogP contribution in [-0.4, -0.2) is 36.5 Å². The third-order valence-corrected chi connectivity index (χ3v) is 4.64. The molecule has 1 aromatic rings. The Bertz CT molecular complexity index is 516. The van der Waals surface area contributed by atoms with Gasteiger partial charge in [-0.25, -0.2) is 0 Å². The van der Waals surface area contributed by atoms with Crippen molar-refractivity contribution in [2.45, 2.75) is 25.8 Å². The van der Waals surface area contributed by atoms with Gasteiger partial charge >= 0.3 is 0 Å². The minimum Gasteiger partial charge on any atom is -0.492 e. The molecule has 1 heterocycles. The summed E-state index contributed by atoms with van der Waals surface area (Å²) < 4.78 is 6.42. The van der Waals surface area contributed by atoms with Gasteiger partial charge in [0.2, 0.25) is 5.91 Å². The molecule has 0 saturated carbocycles. The van der Waals surface area contributed by atoms with Crippen molar-refractivity contribution in [3.05, 3.63) is 27.7 Å². The fraction of sp³-hybridized carbons (Fsp3) is 0.533. The molecule has 2 unspecified atom stereocenters. The first-order valence-electron chi connectivity index (χ1n) is 7.08. The third kappa shape index (κ3) is 5.01. The Hall–Kier alpha value is -0.490. The lowest BCUT2D eigenvalue weighted by Crippen LogP contribution is -2.35. The van der Waals surface area contributed by atoms with Crippen LogP contribution >= 0.6 is 39.9 Å². The highest BCUT2D eigenvalue weighted by Crippen LogP contribution is 2.28. The van der Waals surface area contributed by atoms with Crippen molar-refractivity contribution in [1.82, 2.24) is 4.90 Å². The maximum Gasteiger partial charge on any atom is 0.226 e. The molecule has 124 valence electrons. The van der Waals surface area contributed by atoms with Crippen molar-refractivity contribution >= 4 is 45.8 Å². The molecule has 1 saturated heterocycles. The van der Waals surface area contributed by atoms with E-state index in [0.29, 0.717) is 36.3 Å². The molecule has 2 rings (SSSR count). The Morgan fingerprint density at radius 3 is 2.86 bits per heavy atom. The molecule has 2 N–H and O–H groups in total.